The number of H-pyrrole nitrogens is 1. The van der Waals surface area contributed by atoms with Crippen LogP contribution in [0, 0.1) is 5.41 Å². The third-order valence-electron chi connectivity index (χ3n) is 1.88. The molecule has 0 aromatic carbocycles. The molecule has 0 unspecified atom stereocenters. The van der Waals surface area contributed by atoms with Gasteiger partial charge in [-0.25, -0.2) is 4.98 Å². The second kappa shape index (κ2) is 3.41. The van der Waals surface area contributed by atoms with Gasteiger partial charge in [-0.2, -0.15) is 0 Å². The quantitative estimate of drug-likeness (QED) is 0.613. The number of aromatic amines is 1. The molecule has 0 amide bonds. The fourth-order valence-corrected chi connectivity index (χ4v) is 1.16. The highest BCUT2D eigenvalue weighted by atomic mass is 16.3. The van der Waals surface area contributed by atoms with Crippen LogP contribution in [0.2, 0.25) is 0 Å². The van der Waals surface area contributed by atoms with Gasteiger partial charge in [0, 0.05) is 6.07 Å². The summed E-state index contributed by atoms with van der Waals surface area (Å²) in [7, 11) is 0. The molecule has 0 aliphatic rings. The highest BCUT2D eigenvalue weighted by Gasteiger charge is 2.12. The van der Waals surface area contributed by atoms with E-state index in [9.17, 15) is 4.79 Å². The lowest BCUT2D eigenvalue weighted by molar-refractivity contribution is 0.548. The van der Waals surface area contributed by atoms with Crippen molar-refractivity contribution in [2.45, 2.75) is 0 Å². The monoisotopic (exact) mass is 204 g/mol. The van der Waals surface area contributed by atoms with E-state index in [-0.39, 0.29) is 22.7 Å². The molecule has 2 rings (SSSR count). The summed E-state index contributed by atoms with van der Waals surface area (Å²) in [4.78, 5) is 17.2. The molecule has 0 saturated heterocycles. The van der Waals surface area contributed by atoms with E-state index in [0.717, 1.165) is 0 Å². The lowest BCUT2D eigenvalue weighted by Gasteiger charge is -2.03. The number of nitrogens with one attached hydrogen (secondary N) is 2. The lowest BCUT2D eigenvalue weighted by Crippen LogP contribution is -2.14. The number of nitrogens with two attached hydrogens (primary N) is 1. The Kier molecular flexibility index (Phi) is 2.09. The van der Waals surface area contributed by atoms with Gasteiger partial charge in [-0.3, -0.25) is 10.2 Å². The number of pyridine rings is 1. The Bertz CT molecular complexity index is 541. The molecule has 6 nitrogen and oxygen atoms in total. The Balaban J connectivity index is 2.51. The van der Waals surface area contributed by atoms with E-state index in [1.54, 1.807) is 0 Å². The summed E-state index contributed by atoms with van der Waals surface area (Å²) in [6.07, 6.45) is 2.59. The van der Waals surface area contributed by atoms with E-state index < -0.39 is 0 Å². The summed E-state index contributed by atoms with van der Waals surface area (Å²) in [6, 6.07) is 2.74. The molecule has 6 heteroatoms. The minimum absolute atomic E-state index is 0.00250. The average Bonchev–Trinajstić information content (AvgIpc) is 2.74. The summed E-state index contributed by atoms with van der Waals surface area (Å²) >= 11 is 0. The van der Waals surface area contributed by atoms with Crippen LogP contribution < -0.4 is 11.3 Å². The van der Waals surface area contributed by atoms with Gasteiger partial charge < -0.3 is 15.1 Å². The van der Waals surface area contributed by atoms with Crippen LogP contribution in [-0.2, 0) is 0 Å². The van der Waals surface area contributed by atoms with Gasteiger partial charge in [0.05, 0.1) is 17.6 Å². The SMILES string of the molecule is N=C(c1cnco1)c1[nH]c(=O)ccc1N. The zero-order chi connectivity index (χ0) is 10.8. The molecule has 0 fully saturated rings. The molecular formula is C9H8N4O2. The summed E-state index contributed by atoms with van der Waals surface area (Å²) < 4.78 is 4.93. The van der Waals surface area contributed by atoms with Crippen LogP contribution >= 0.6 is 0 Å². The number of hydrogen-bond donors (Lipinski definition) is 3. The molecule has 0 atom stereocenters. The molecule has 0 aliphatic carbocycles. The van der Waals surface area contributed by atoms with Gasteiger partial charge in [0.15, 0.2) is 12.2 Å². The van der Waals surface area contributed by atoms with Crippen molar-refractivity contribution >= 4 is 11.4 Å². The van der Waals surface area contributed by atoms with Crippen LogP contribution in [0.25, 0.3) is 0 Å². The topological polar surface area (TPSA) is 109 Å². The summed E-state index contributed by atoms with van der Waals surface area (Å²) in [5.41, 5.74) is 5.86. The van der Waals surface area contributed by atoms with Crippen LogP contribution in [0.1, 0.15) is 11.5 Å². The van der Waals surface area contributed by atoms with Crippen LogP contribution in [-0.4, -0.2) is 15.7 Å². The maximum atomic E-state index is 11.1. The average molecular weight is 204 g/mol. The molecule has 0 spiro atoms. The Hall–Kier alpha value is -2.37. The normalized spacial score (nSPS) is 10.1. The van der Waals surface area contributed by atoms with Crippen molar-refractivity contribution in [1.82, 2.24) is 9.97 Å². The van der Waals surface area contributed by atoms with Crippen molar-refractivity contribution in [3.63, 3.8) is 0 Å². The van der Waals surface area contributed by atoms with E-state index in [1.807, 2.05) is 0 Å². The molecule has 15 heavy (non-hydrogen) atoms. The van der Waals surface area contributed by atoms with Crippen molar-refractivity contribution < 1.29 is 4.42 Å². The van der Waals surface area contributed by atoms with E-state index in [2.05, 4.69) is 9.97 Å². The number of anilines is 1. The van der Waals surface area contributed by atoms with Gasteiger partial charge in [0.1, 0.15) is 5.71 Å². The van der Waals surface area contributed by atoms with Crippen molar-refractivity contribution in [3.8, 4) is 0 Å². The Morgan fingerprint density at radius 2 is 2.33 bits per heavy atom. The van der Waals surface area contributed by atoms with Crippen LogP contribution in [0.15, 0.2) is 33.9 Å². The summed E-state index contributed by atoms with van der Waals surface area (Å²) in [5, 5.41) is 7.74. The Morgan fingerprint density at radius 1 is 1.53 bits per heavy atom. The minimum Gasteiger partial charge on any atom is -0.442 e. The second-order valence-corrected chi connectivity index (χ2v) is 2.89. The molecule has 2 heterocycles. The van der Waals surface area contributed by atoms with E-state index in [0.29, 0.717) is 5.69 Å². The maximum Gasteiger partial charge on any atom is 0.248 e. The van der Waals surface area contributed by atoms with Crippen LogP contribution in [0.5, 0.6) is 0 Å². The van der Waals surface area contributed by atoms with Crippen molar-refractivity contribution in [3.05, 3.63) is 46.5 Å². The van der Waals surface area contributed by atoms with Crippen LogP contribution in [0.3, 0.4) is 0 Å². The molecule has 2 aromatic rings. The first kappa shape index (κ1) is 9.20. The third-order valence-corrected chi connectivity index (χ3v) is 1.88. The Morgan fingerprint density at radius 3 is 3.00 bits per heavy atom. The molecule has 0 bridgehead atoms. The number of aromatic nitrogens is 2. The van der Waals surface area contributed by atoms with Gasteiger partial charge in [0.2, 0.25) is 5.56 Å². The van der Waals surface area contributed by atoms with E-state index in [4.69, 9.17) is 15.6 Å². The van der Waals surface area contributed by atoms with Gasteiger partial charge in [-0.1, -0.05) is 0 Å². The first-order valence-electron chi connectivity index (χ1n) is 4.15. The van der Waals surface area contributed by atoms with Gasteiger partial charge >= 0.3 is 0 Å². The summed E-state index contributed by atoms with van der Waals surface area (Å²) in [6.45, 7) is 0. The molecular weight excluding hydrogens is 196 g/mol. The third kappa shape index (κ3) is 1.64. The molecule has 4 N–H and O–H groups in total. The van der Waals surface area contributed by atoms with Gasteiger partial charge in [-0.15, -0.1) is 0 Å². The molecule has 76 valence electrons. The number of oxazole rings is 1. The second-order valence-electron chi connectivity index (χ2n) is 2.89. The predicted octanol–water partition coefficient (Wildman–Crippen LogP) is 0.361. The predicted molar refractivity (Wildman–Crippen MR) is 53.9 cm³/mol. The fraction of sp³-hybridized carbons (Fsp3) is 0. The fourth-order valence-electron chi connectivity index (χ4n) is 1.16. The smallest absolute Gasteiger partial charge is 0.248 e. The van der Waals surface area contributed by atoms with Crippen molar-refractivity contribution in [2.24, 2.45) is 0 Å². The van der Waals surface area contributed by atoms with Gasteiger partial charge in [0.25, 0.3) is 0 Å². The van der Waals surface area contributed by atoms with E-state index in [1.165, 1.54) is 24.7 Å². The first-order chi connectivity index (χ1) is 7.18. The standard InChI is InChI=1S/C9H8N4O2/c10-5-1-2-7(14)13-9(5)8(11)6-3-12-4-15-6/h1-4,11H,10H2,(H,13,14). The van der Waals surface area contributed by atoms with Crippen molar-refractivity contribution in [2.75, 3.05) is 5.73 Å². The van der Waals surface area contributed by atoms with Crippen LogP contribution in [0.4, 0.5) is 5.69 Å². The number of rotatable bonds is 2. The molecule has 0 aliphatic heterocycles. The molecule has 2 aromatic heterocycles. The molecule has 0 radical (unpaired) electrons. The number of nitrogen functional groups attached to an aromatic ring is 1. The Labute approximate surface area is 84.3 Å². The lowest BCUT2D eigenvalue weighted by atomic mass is 10.2. The zero-order valence-corrected chi connectivity index (χ0v) is 7.65. The zero-order valence-electron chi connectivity index (χ0n) is 7.65. The number of nitrogens with zero attached hydrogens (tertiary/aromatic N) is 1. The summed E-state index contributed by atoms with van der Waals surface area (Å²) in [5.74, 6) is 0.253. The molecule has 0 saturated carbocycles. The van der Waals surface area contributed by atoms with Gasteiger partial charge in [-0.05, 0) is 6.07 Å². The van der Waals surface area contributed by atoms with E-state index >= 15 is 0 Å². The number of hydrogen-bond acceptors (Lipinski definition) is 5. The van der Waals surface area contributed by atoms with Crippen molar-refractivity contribution in [1.29, 1.82) is 5.41 Å². The highest BCUT2D eigenvalue weighted by molar-refractivity contribution is 6.10. The minimum atomic E-state index is -0.316. The maximum absolute atomic E-state index is 11.1. The first-order valence-corrected chi connectivity index (χ1v) is 4.15. The highest BCUT2D eigenvalue weighted by Crippen LogP contribution is 2.11. The largest absolute Gasteiger partial charge is 0.442 e.